The van der Waals surface area contributed by atoms with Gasteiger partial charge < -0.3 is 15.4 Å². The number of amides is 2. The molecule has 6 nitrogen and oxygen atoms in total. The highest BCUT2D eigenvalue weighted by Gasteiger charge is 2.25. The molecule has 188 valence electrons. The van der Waals surface area contributed by atoms with Gasteiger partial charge in [-0.3, -0.25) is 14.4 Å². The first kappa shape index (κ1) is 27.8. The maximum Gasteiger partial charge on any atom is 0.224 e. The number of carbonyl (C=O) groups excluding carboxylic acids is 4. The maximum atomic E-state index is 14.3. The van der Waals surface area contributed by atoms with E-state index in [0.29, 0.717) is 5.56 Å². The smallest absolute Gasteiger partial charge is 0.224 e. The molecule has 0 saturated carbocycles. The lowest BCUT2D eigenvalue weighted by Crippen LogP contribution is -2.43. The van der Waals surface area contributed by atoms with Crippen molar-refractivity contribution in [2.75, 3.05) is 6.54 Å². The van der Waals surface area contributed by atoms with Crippen molar-refractivity contribution in [2.24, 2.45) is 5.92 Å². The first-order chi connectivity index (χ1) is 16.4. The molecule has 0 unspecified atom stereocenters. The van der Waals surface area contributed by atoms with Crippen LogP contribution in [0.15, 0.2) is 42.5 Å². The van der Waals surface area contributed by atoms with Crippen molar-refractivity contribution in [3.8, 4) is 11.1 Å². The van der Waals surface area contributed by atoms with Crippen LogP contribution in [0.25, 0.3) is 11.1 Å². The first-order valence-corrected chi connectivity index (χ1v) is 11.5. The van der Waals surface area contributed by atoms with E-state index < -0.39 is 34.8 Å². The average Bonchev–Trinajstić information content (AvgIpc) is 2.75. The Balaban J connectivity index is 1.95. The van der Waals surface area contributed by atoms with E-state index in [0.717, 1.165) is 6.07 Å². The molecule has 0 aliphatic heterocycles. The van der Waals surface area contributed by atoms with Gasteiger partial charge >= 0.3 is 0 Å². The molecule has 2 rings (SSSR count). The van der Waals surface area contributed by atoms with E-state index in [9.17, 15) is 28.0 Å². The van der Waals surface area contributed by atoms with Crippen molar-refractivity contribution in [3.05, 3.63) is 59.7 Å². The normalized spacial score (nSPS) is 12.1. The van der Waals surface area contributed by atoms with Crippen molar-refractivity contribution < 1.29 is 28.0 Å². The summed E-state index contributed by atoms with van der Waals surface area (Å²) in [6, 6.07) is 9.90. The Kier molecular flexibility index (Phi) is 9.80. The van der Waals surface area contributed by atoms with Crippen LogP contribution in [0.3, 0.4) is 0 Å². The molecule has 0 fully saturated rings. The molecule has 35 heavy (non-hydrogen) atoms. The monoisotopic (exact) mass is 486 g/mol. The topological polar surface area (TPSA) is 92.3 Å². The zero-order valence-corrected chi connectivity index (χ0v) is 20.5. The molecule has 8 heteroatoms. The fourth-order valence-corrected chi connectivity index (χ4v) is 3.64. The fraction of sp³-hybridized carbons (Fsp3) is 0.407. The molecule has 2 aromatic carbocycles. The minimum Gasteiger partial charge on any atom is -0.356 e. The third-order valence-corrected chi connectivity index (χ3v) is 5.18. The summed E-state index contributed by atoms with van der Waals surface area (Å²) >= 11 is 0. The highest BCUT2D eigenvalue weighted by atomic mass is 19.1. The summed E-state index contributed by atoms with van der Waals surface area (Å²) in [6.45, 7) is 6.92. The van der Waals surface area contributed by atoms with E-state index in [1.165, 1.54) is 25.1 Å². The molecule has 0 aromatic heterocycles. The highest BCUT2D eigenvalue weighted by molar-refractivity contribution is 5.97. The third-order valence-electron chi connectivity index (χ3n) is 5.18. The Morgan fingerprint density at radius 3 is 2.26 bits per heavy atom. The molecule has 0 radical (unpaired) electrons. The lowest BCUT2D eigenvalue weighted by atomic mass is 9.96. The van der Waals surface area contributed by atoms with Crippen LogP contribution in [0.1, 0.15) is 63.7 Å². The third kappa shape index (κ3) is 9.03. The van der Waals surface area contributed by atoms with Gasteiger partial charge in [0.2, 0.25) is 11.8 Å². The van der Waals surface area contributed by atoms with Gasteiger partial charge in [0.25, 0.3) is 0 Å². The number of hydrogen-bond acceptors (Lipinski definition) is 4. The second-order valence-electron chi connectivity index (χ2n) is 9.60. The van der Waals surface area contributed by atoms with Gasteiger partial charge in [-0.1, -0.05) is 24.3 Å². The lowest BCUT2D eigenvalue weighted by molar-refractivity contribution is -0.133. The van der Waals surface area contributed by atoms with Crippen molar-refractivity contribution in [3.63, 3.8) is 0 Å². The molecule has 2 aromatic rings. The van der Waals surface area contributed by atoms with Crippen LogP contribution in [0, 0.1) is 17.6 Å². The number of ketones is 2. The molecular weight excluding hydrogens is 454 g/mol. The Bertz CT molecular complexity index is 1090. The number of rotatable bonds is 11. The summed E-state index contributed by atoms with van der Waals surface area (Å²) < 4.78 is 28.4. The Hall–Kier alpha value is -3.42. The van der Waals surface area contributed by atoms with Gasteiger partial charge in [0.05, 0.1) is 11.5 Å². The number of nitrogens with one attached hydrogen (secondary N) is 2. The maximum absolute atomic E-state index is 14.3. The average molecular weight is 487 g/mol. The minimum absolute atomic E-state index is 0.0419. The fourth-order valence-electron chi connectivity index (χ4n) is 3.64. The molecule has 0 spiro atoms. The number of benzene rings is 2. The van der Waals surface area contributed by atoms with Gasteiger partial charge in [-0.2, -0.15) is 0 Å². The molecule has 0 saturated heterocycles. The number of Topliss-reactive ketones (excluding diaryl/α,β-unsaturated/α-hetero) is 2. The van der Waals surface area contributed by atoms with Crippen molar-refractivity contribution >= 4 is 23.4 Å². The minimum atomic E-state index is -0.819. The predicted octanol–water partition coefficient (Wildman–Crippen LogP) is 4.61. The molecule has 0 bridgehead atoms. The quantitative estimate of drug-likeness (QED) is 0.358. The van der Waals surface area contributed by atoms with Crippen LogP contribution < -0.4 is 10.6 Å². The van der Waals surface area contributed by atoms with Gasteiger partial charge in [-0.25, -0.2) is 8.78 Å². The summed E-state index contributed by atoms with van der Waals surface area (Å²) in [4.78, 5) is 48.9. The molecule has 0 aliphatic rings. The van der Waals surface area contributed by atoms with Gasteiger partial charge in [-0.05, 0) is 57.9 Å². The molecule has 2 amide bonds. The first-order valence-electron chi connectivity index (χ1n) is 11.5. The number of halogens is 2. The molecule has 0 aliphatic carbocycles. The van der Waals surface area contributed by atoms with Gasteiger partial charge in [0.1, 0.15) is 17.4 Å². The van der Waals surface area contributed by atoms with Crippen LogP contribution in [0.5, 0.6) is 0 Å². The summed E-state index contributed by atoms with van der Waals surface area (Å²) in [7, 11) is 0. The van der Waals surface area contributed by atoms with Gasteiger partial charge in [0, 0.05) is 36.9 Å². The van der Waals surface area contributed by atoms with Crippen LogP contribution in [-0.2, 0) is 14.4 Å². The predicted molar refractivity (Wildman–Crippen MR) is 130 cm³/mol. The molecule has 1 atom stereocenters. The summed E-state index contributed by atoms with van der Waals surface area (Å²) in [5, 5.41) is 5.43. The zero-order chi connectivity index (χ0) is 26.2. The standard InChI is InChI=1S/C27H32F2N2O4/c1-17(32)14-19(16-25(34)31-27(2,3)4)26(35)30-13-7-10-24(33)21-15-18(11-12-23(21)29)20-8-5-6-9-22(20)28/h5-6,8-9,11-12,15,19H,7,10,13-14,16H2,1-4H3,(H,30,35)(H,31,34)/t19-/m0/s1. The molecule has 2 N–H and O–H groups in total. The van der Waals surface area contributed by atoms with Crippen LogP contribution >= 0.6 is 0 Å². The number of hydrogen-bond donors (Lipinski definition) is 2. The largest absolute Gasteiger partial charge is 0.356 e. The molecule has 0 heterocycles. The van der Waals surface area contributed by atoms with E-state index in [4.69, 9.17) is 0 Å². The second kappa shape index (κ2) is 12.3. The van der Waals surface area contributed by atoms with Crippen LogP contribution in [0.2, 0.25) is 0 Å². The highest BCUT2D eigenvalue weighted by Crippen LogP contribution is 2.25. The lowest BCUT2D eigenvalue weighted by Gasteiger charge is -2.22. The van der Waals surface area contributed by atoms with Gasteiger partial charge in [-0.15, -0.1) is 0 Å². The summed E-state index contributed by atoms with van der Waals surface area (Å²) in [5.74, 6) is -3.47. The Morgan fingerprint density at radius 1 is 0.943 bits per heavy atom. The number of carbonyl (C=O) groups is 4. The zero-order valence-electron chi connectivity index (χ0n) is 20.5. The van der Waals surface area contributed by atoms with Crippen LogP contribution in [-0.4, -0.2) is 35.5 Å². The van der Waals surface area contributed by atoms with E-state index in [1.807, 2.05) is 20.8 Å². The summed E-state index contributed by atoms with van der Waals surface area (Å²) in [6.07, 6.45) is -0.0131. The van der Waals surface area contributed by atoms with Crippen molar-refractivity contribution in [1.29, 1.82) is 0 Å². The summed E-state index contributed by atoms with van der Waals surface area (Å²) in [5.41, 5.74) is 0.0427. The van der Waals surface area contributed by atoms with Crippen LogP contribution in [0.4, 0.5) is 8.78 Å². The Morgan fingerprint density at radius 2 is 1.63 bits per heavy atom. The van der Waals surface area contributed by atoms with E-state index in [-0.39, 0.29) is 55.0 Å². The molecular formula is C27H32F2N2O4. The van der Waals surface area contributed by atoms with E-state index >= 15 is 0 Å². The van der Waals surface area contributed by atoms with E-state index in [1.54, 1.807) is 18.2 Å². The van der Waals surface area contributed by atoms with Crippen molar-refractivity contribution in [2.45, 2.75) is 58.9 Å². The van der Waals surface area contributed by atoms with Gasteiger partial charge in [0.15, 0.2) is 5.78 Å². The second-order valence-corrected chi connectivity index (χ2v) is 9.60. The van der Waals surface area contributed by atoms with Crippen molar-refractivity contribution in [1.82, 2.24) is 10.6 Å². The van der Waals surface area contributed by atoms with E-state index in [2.05, 4.69) is 10.6 Å². The Labute approximate surface area is 204 Å². The SMILES string of the molecule is CC(=O)C[C@@H](CC(=O)NC(C)(C)C)C(=O)NCCCC(=O)c1cc(-c2ccccc2F)ccc1F.